The normalized spacial score (nSPS) is 35.0. The van der Waals surface area contributed by atoms with Crippen LogP contribution >= 0.6 is 0 Å². The Morgan fingerprint density at radius 1 is 1.10 bits per heavy atom. The van der Waals surface area contributed by atoms with E-state index in [4.69, 9.17) is 0 Å². The van der Waals surface area contributed by atoms with Crippen molar-refractivity contribution in [2.45, 2.75) is 72.0 Å². The van der Waals surface area contributed by atoms with Crippen LogP contribution in [-0.2, 0) is 9.59 Å². The number of rotatable bonds is 3. The van der Waals surface area contributed by atoms with Crippen molar-refractivity contribution in [2.75, 3.05) is 0 Å². The number of hydrogen-bond donors (Lipinski definition) is 1. The van der Waals surface area contributed by atoms with Crippen molar-refractivity contribution < 1.29 is 9.59 Å². The summed E-state index contributed by atoms with van der Waals surface area (Å²) in [7, 11) is 0. The third-order valence-electron chi connectivity index (χ3n) is 4.75. The maximum Gasteiger partial charge on any atom is 0.246 e. The Labute approximate surface area is 122 Å². The highest BCUT2D eigenvalue weighted by Gasteiger charge is 2.46. The summed E-state index contributed by atoms with van der Waals surface area (Å²) in [4.78, 5) is 27.2. The highest BCUT2D eigenvalue weighted by atomic mass is 16.2. The molecule has 2 rings (SSSR count). The van der Waals surface area contributed by atoms with Gasteiger partial charge in [-0.1, -0.05) is 34.6 Å². The number of carbonyl (C=O) groups is 2. The molecule has 1 heterocycles. The van der Waals surface area contributed by atoms with E-state index in [-0.39, 0.29) is 41.8 Å². The zero-order valence-electron chi connectivity index (χ0n) is 13.3. The molecule has 0 aromatic heterocycles. The number of nitrogens with zero attached hydrogens (tertiary/aromatic N) is 1. The molecule has 4 heteroatoms. The number of nitrogens with one attached hydrogen (secondary N) is 1. The van der Waals surface area contributed by atoms with Gasteiger partial charge in [-0.15, -0.1) is 0 Å². The Balaban J connectivity index is 2.29. The third kappa shape index (κ3) is 2.70. The maximum atomic E-state index is 12.8. The van der Waals surface area contributed by atoms with Gasteiger partial charge in [0.2, 0.25) is 11.8 Å². The molecular formula is C16H28N2O2. The summed E-state index contributed by atoms with van der Waals surface area (Å²) in [6.45, 7) is 10.3. The molecular weight excluding hydrogens is 252 g/mol. The van der Waals surface area contributed by atoms with Gasteiger partial charge >= 0.3 is 0 Å². The highest BCUT2D eigenvalue weighted by Crippen LogP contribution is 2.33. The maximum absolute atomic E-state index is 12.8. The third-order valence-corrected chi connectivity index (χ3v) is 4.75. The average molecular weight is 280 g/mol. The van der Waals surface area contributed by atoms with Gasteiger partial charge in [-0.3, -0.25) is 9.59 Å². The number of hydrogen-bond acceptors (Lipinski definition) is 2. The zero-order chi connectivity index (χ0) is 15.0. The minimum absolute atomic E-state index is 0.0258. The lowest BCUT2D eigenvalue weighted by Gasteiger charge is -2.45. The molecule has 0 aromatic rings. The predicted octanol–water partition coefficient (Wildman–Crippen LogP) is 2.18. The first-order valence-electron chi connectivity index (χ1n) is 7.95. The van der Waals surface area contributed by atoms with Gasteiger partial charge < -0.3 is 10.2 Å². The van der Waals surface area contributed by atoms with Crippen molar-refractivity contribution in [3.63, 3.8) is 0 Å². The van der Waals surface area contributed by atoms with Crippen LogP contribution in [0.4, 0.5) is 0 Å². The first-order chi connectivity index (χ1) is 9.32. The molecule has 4 nitrogen and oxygen atoms in total. The van der Waals surface area contributed by atoms with E-state index in [1.54, 1.807) is 0 Å². The Kier molecular flexibility index (Phi) is 4.40. The standard InChI is InChI=1S/C16H28N2O2/c1-9(2)13-16(20)18(12-7-6-11(5)8-12)14(10(3)4)15(19)17-13/h9-14H,6-8H2,1-5H3,(H,17,19). The summed E-state index contributed by atoms with van der Waals surface area (Å²) in [6, 6.07) is -0.404. The molecule has 0 radical (unpaired) electrons. The fourth-order valence-corrected chi connectivity index (χ4v) is 3.64. The van der Waals surface area contributed by atoms with Gasteiger partial charge in [0.1, 0.15) is 12.1 Å². The van der Waals surface area contributed by atoms with Crippen LogP contribution in [0.3, 0.4) is 0 Å². The van der Waals surface area contributed by atoms with Crippen molar-refractivity contribution in [2.24, 2.45) is 17.8 Å². The summed E-state index contributed by atoms with van der Waals surface area (Å²) in [6.07, 6.45) is 3.23. The summed E-state index contributed by atoms with van der Waals surface area (Å²) >= 11 is 0. The predicted molar refractivity (Wildman–Crippen MR) is 79.0 cm³/mol. The fourth-order valence-electron chi connectivity index (χ4n) is 3.64. The van der Waals surface area contributed by atoms with Gasteiger partial charge in [0.25, 0.3) is 0 Å². The molecule has 1 saturated carbocycles. The molecule has 0 bridgehead atoms. The van der Waals surface area contributed by atoms with Gasteiger partial charge in [-0.05, 0) is 37.0 Å². The summed E-state index contributed by atoms with van der Waals surface area (Å²) < 4.78 is 0. The van der Waals surface area contributed by atoms with E-state index in [2.05, 4.69) is 12.2 Å². The molecule has 4 atom stereocenters. The van der Waals surface area contributed by atoms with Crippen molar-refractivity contribution in [1.82, 2.24) is 10.2 Å². The molecule has 4 unspecified atom stereocenters. The van der Waals surface area contributed by atoms with E-state index < -0.39 is 0 Å². The van der Waals surface area contributed by atoms with Crippen LogP contribution in [0.5, 0.6) is 0 Å². The van der Waals surface area contributed by atoms with Crippen molar-refractivity contribution in [1.29, 1.82) is 0 Å². The van der Waals surface area contributed by atoms with Crippen LogP contribution in [0.15, 0.2) is 0 Å². The molecule has 2 amide bonds. The van der Waals surface area contributed by atoms with Gasteiger partial charge in [0.05, 0.1) is 0 Å². The lowest BCUT2D eigenvalue weighted by atomic mass is 9.91. The second-order valence-electron chi connectivity index (χ2n) is 7.24. The van der Waals surface area contributed by atoms with E-state index in [0.29, 0.717) is 5.92 Å². The Bertz CT molecular complexity index is 392. The van der Waals surface area contributed by atoms with Gasteiger partial charge in [-0.25, -0.2) is 0 Å². The van der Waals surface area contributed by atoms with Crippen LogP contribution < -0.4 is 5.32 Å². The van der Waals surface area contributed by atoms with Gasteiger partial charge in [-0.2, -0.15) is 0 Å². The van der Waals surface area contributed by atoms with E-state index in [1.165, 1.54) is 0 Å². The van der Waals surface area contributed by atoms with E-state index in [9.17, 15) is 9.59 Å². The Morgan fingerprint density at radius 3 is 2.20 bits per heavy atom. The minimum Gasteiger partial charge on any atom is -0.342 e. The first-order valence-corrected chi connectivity index (χ1v) is 7.95. The fraction of sp³-hybridized carbons (Fsp3) is 0.875. The van der Waals surface area contributed by atoms with Crippen LogP contribution in [0.25, 0.3) is 0 Å². The number of carbonyl (C=O) groups excluding carboxylic acids is 2. The first kappa shape index (κ1) is 15.3. The van der Waals surface area contributed by atoms with Crippen LogP contribution in [0, 0.1) is 17.8 Å². The summed E-state index contributed by atoms with van der Waals surface area (Å²) in [5, 5.41) is 2.93. The molecule has 0 aromatic carbocycles. The molecule has 2 fully saturated rings. The van der Waals surface area contributed by atoms with E-state index in [0.717, 1.165) is 19.3 Å². The van der Waals surface area contributed by atoms with Crippen LogP contribution in [0.1, 0.15) is 53.9 Å². The van der Waals surface area contributed by atoms with Crippen molar-refractivity contribution in [3.8, 4) is 0 Å². The van der Waals surface area contributed by atoms with Crippen LogP contribution in [0.2, 0.25) is 0 Å². The highest BCUT2D eigenvalue weighted by molar-refractivity contribution is 5.97. The largest absolute Gasteiger partial charge is 0.342 e. The Morgan fingerprint density at radius 2 is 1.75 bits per heavy atom. The second-order valence-corrected chi connectivity index (χ2v) is 7.24. The molecule has 1 N–H and O–H groups in total. The number of piperazine rings is 1. The van der Waals surface area contributed by atoms with Crippen LogP contribution in [-0.4, -0.2) is 34.8 Å². The molecule has 2 aliphatic rings. The van der Waals surface area contributed by atoms with E-state index in [1.807, 2.05) is 32.6 Å². The second kappa shape index (κ2) is 5.74. The van der Waals surface area contributed by atoms with Gasteiger partial charge in [0, 0.05) is 6.04 Å². The monoisotopic (exact) mass is 280 g/mol. The molecule has 1 aliphatic carbocycles. The molecule has 20 heavy (non-hydrogen) atoms. The lowest BCUT2D eigenvalue weighted by Crippen LogP contribution is -2.68. The molecule has 1 aliphatic heterocycles. The Hall–Kier alpha value is -1.06. The van der Waals surface area contributed by atoms with Crippen molar-refractivity contribution >= 4 is 11.8 Å². The molecule has 114 valence electrons. The van der Waals surface area contributed by atoms with Gasteiger partial charge in [0.15, 0.2) is 0 Å². The molecule has 1 saturated heterocycles. The SMILES string of the molecule is CC1CCC(N2C(=O)C(C(C)C)NC(=O)C2C(C)C)C1. The summed E-state index contributed by atoms with van der Waals surface area (Å²) in [5.41, 5.74) is 0. The lowest BCUT2D eigenvalue weighted by molar-refractivity contribution is -0.155. The average Bonchev–Trinajstić information content (AvgIpc) is 2.76. The zero-order valence-corrected chi connectivity index (χ0v) is 13.3. The quantitative estimate of drug-likeness (QED) is 0.861. The smallest absolute Gasteiger partial charge is 0.246 e. The molecule has 0 spiro atoms. The summed E-state index contributed by atoms with van der Waals surface area (Å²) in [5.74, 6) is 1.10. The number of amides is 2. The van der Waals surface area contributed by atoms with E-state index >= 15 is 0 Å². The topological polar surface area (TPSA) is 49.4 Å². The minimum atomic E-state index is -0.353. The van der Waals surface area contributed by atoms with Crippen molar-refractivity contribution in [3.05, 3.63) is 0 Å².